The van der Waals surface area contributed by atoms with Crippen LogP contribution in [0.3, 0.4) is 0 Å². The van der Waals surface area contributed by atoms with Gasteiger partial charge in [0.2, 0.25) is 0 Å². The minimum Gasteiger partial charge on any atom is -0.334 e. The van der Waals surface area contributed by atoms with E-state index in [0.717, 1.165) is 18.8 Å². The van der Waals surface area contributed by atoms with E-state index >= 15 is 0 Å². The van der Waals surface area contributed by atoms with Crippen molar-refractivity contribution in [1.29, 1.82) is 5.26 Å². The lowest BCUT2D eigenvalue weighted by molar-refractivity contribution is 0.446. The zero-order valence-electron chi connectivity index (χ0n) is 7.45. The van der Waals surface area contributed by atoms with Crippen molar-refractivity contribution in [1.82, 2.24) is 9.88 Å². The highest BCUT2D eigenvalue weighted by Gasteiger charge is 2.17. The van der Waals surface area contributed by atoms with Crippen LogP contribution in [0.25, 0.3) is 0 Å². The molecule has 0 spiro atoms. The van der Waals surface area contributed by atoms with E-state index in [-0.39, 0.29) is 12.4 Å². The molecule has 1 aliphatic heterocycles. The molecule has 3 nitrogen and oxygen atoms in total. The first-order valence-corrected chi connectivity index (χ1v) is 4.16. The summed E-state index contributed by atoms with van der Waals surface area (Å²) in [5, 5.41) is 12.1. The fraction of sp³-hybridized carbons (Fsp3) is 0.444. The first-order chi connectivity index (χ1) is 5.83. The number of rotatable bonds is 0. The number of hydrogen-bond donors (Lipinski definition) is 1. The summed E-state index contributed by atoms with van der Waals surface area (Å²) >= 11 is 0. The molecule has 70 valence electrons. The Bertz CT molecular complexity index is 337. The second-order valence-electron chi connectivity index (χ2n) is 3.08. The first kappa shape index (κ1) is 10.1. The molecule has 13 heavy (non-hydrogen) atoms. The number of nitrogens with zero attached hydrogens (tertiary/aromatic N) is 2. The van der Waals surface area contributed by atoms with Crippen LogP contribution in [0, 0.1) is 11.3 Å². The van der Waals surface area contributed by atoms with Gasteiger partial charge in [0.05, 0.1) is 0 Å². The summed E-state index contributed by atoms with van der Waals surface area (Å²) in [4.78, 5) is 0. The first-order valence-electron chi connectivity index (χ1n) is 4.16. The molecule has 1 atom stereocenters. The third-order valence-corrected chi connectivity index (χ3v) is 2.36. The van der Waals surface area contributed by atoms with Crippen molar-refractivity contribution in [3.8, 4) is 6.07 Å². The Kier molecular flexibility index (Phi) is 2.97. The molecule has 0 fully saturated rings. The Morgan fingerprint density at radius 3 is 3.08 bits per heavy atom. The average Bonchev–Trinajstić information content (AvgIpc) is 2.49. The second kappa shape index (κ2) is 3.82. The van der Waals surface area contributed by atoms with Crippen LogP contribution >= 0.6 is 12.4 Å². The third-order valence-electron chi connectivity index (χ3n) is 2.36. The van der Waals surface area contributed by atoms with E-state index in [4.69, 9.17) is 5.26 Å². The zero-order valence-corrected chi connectivity index (χ0v) is 8.27. The van der Waals surface area contributed by atoms with Gasteiger partial charge in [0.15, 0.2) is 0 Å². The molecule has 0 amide bonds. The van der Waals surface area contributed by atoms with Gasteiger partial charge < -0.3 is 9.88 Å². The van der Waals surface area contributed by atoms with Crippen LogP contribution in [0.15, 0.2) is 12.1 Å². The van der Waals surface area contributed by atoms with Gasteiger partial charge >= 0.3 is 0 Å². The average molecular weight is 198 g/mol. The van der Waals surface area contributed by atoms with Crippen molar-refractivity contribution in [2.45, 2.75) is 19.5 Å². The van der Waals surface area contributed by atoms with Gasteiger partial charge in [-0.25, -0.2) is 0 Å². The smallest absolute Gasteiger partial charge is 0.120 e. The van der Waals surface area contributed by atoms with Crippen molar-refractivity contribution in [2.75, 3.05) is 6.54 Å². The monoisotopic (exact) mass is 197 g/mol. The molecule has 0 bridgehead atoms. The lowest BCUT2D eigenvalue weighted by Gasteiger charge is -2.23. The molecule has 0 radical (unpaired) electrons. The van der Waals surface area contributed by atoms with E-state index in [1.54, 1.807) is 0 Å². The molecule has 1 aromatic heterocycles. The molecular weight excluding hydrogens is 186 g/mol. The molecule has 2 heterocycles. The molecule has 0 aliphatic carbocycles. The Labute approximate surface area is 83.8 Å². The molecule has 0 saturated heterocycles. The SMILES string of the molecule is CC1NCCn2c(C#N)ccc21.Cl. The van der Waals surface area contributed by atoms with Crippen molar-refractivity contribution in [3.05, 3.63) is 23.5 Å². The van der Waals surface area contributed by atoms with E-state index in [2.05, 4.69) is 22.9 Å². The van der Waals surface area contributed by atoms with Crippen molar-refractivity contribution in [3.63, 3.8) is 0 Å². The van der Waals surface area contributed by atoms with Crippen molar-refractivity contribution in [2.24, 2.45) is 0 Å². The molecular formula is C9H12ClN3. The summed E-state index contributed by atoms with van der Waals surface area (Å²) < 4.78 is 2.08. The lowest BCUT2D eigenvalue weighted by Crippen LogP contribution is -2.31. The van der Waals surface area contributed by atoms with Crippen LogP contribution in [0.5, 0.6) is 0 Å². The summed E-state index contributed by atoms with van der Waals surface area (Å²) in [6, 6.07) is 6.48. The van der Waals surface area contributed by atoms with E-state index in [9.17, 15) is 0 Å². The predicted molar refractivity (Wildman–Crippen MR) is 52.8 cm³/mol. The van der Waals surface area contributed by atoms with Crippen LogP contribution < -0.4 is 5.32 Å². The third kappa shape index (κ3) is 1.55. The largest absolute Gasteiger partial charge is 0.334 e. The molecule has 4 heteroatoms. The van der Waals surface area contributed by atoms with Gasteiger partial charge in [0.1, 0.15) is 11.8 Å². The molecule has 1 aromatic rings. The minimum atomic E-state index is 0. The van der Waals surface area contributed by atoms with E-state index in [0.29, 0.717) is 6.04 Å². The molecule has 1 unspecified atom stereocenters. The minimum absolute atomic E-state index is 0. The molecule has 1 N–H and O–H groups in total. The van der Waals surface area contributed by atoms with Gasteiger partial charge in [-0.2, -0.15) is 5.26 Å². The van der Waals surface area contributed by atoms with Crippen molar-refractivity contribution >= 4 is 12.4 Å². The lowest BCUT2D eigenvalue weighted by atomic mass is 10.2. The van der Waals surface area contributed by atoms with Gasteiger partial charge in [0.25, 0.3) is 0 Å². The summed E-state index contributed by atoms with van der Waals surface area (Å²) in [6.07, 6.45) is 0. The van der Waals surface area contributed by atoms with Gasteiger partial charge in [-0.15, -0.1) is 12.4 Å². The van der Waals surface area contributed by atoms with Crippen LogP contribution in [0.2, 0.25) is 0 Å². The second-order valence-corrected chi connectivity index (χ2v) is 3.08. The van der Waals surface area contributed by atoms with E-state index in [1.165, 1.54) is 5.69 Å². The number of fused-ring (bicyclic) bond motifs is 1. The predicted octanol–water partition coefficient (Wildman–Crippen LogP) is 1.45. The summed E-state index contributed by atoms with van der Waals surface area (Å²) in [7, 11) is 0. The summed E-state index contributed by atoms with van der Waals surface area (Å²) in [5.74, 6) is 0. The Hall–Kier alpha value is -0.980. The zero-order chi connectivity index (χ0) is 8.55. The normalized spacial score (nSPS) is 19.8. The van der Waals surface area contributed by atoms with Crippen molar-refractivity contribution < 1.29 is 0 Å². The number of nitrogens with one attached hydrogen (secondary N) is 1. The number of hydrogen-bond acceptors (Lipinski definition) is 2. The van der Waals surface area contributed by atoms with Crippen LogP contribution in [-0.4, -0.2) is 11.1 Å². The quantitative estimate of drug-likeness (QED) is 0.684. The number of halogens is 1. The number of aromatic nitrogens is 1. The fourth-order valence-corrected chi connectivity index (χ4v) is 1.71. The highest BCUT2D eigenvalue weighted by molar-refractivity contribution is 5.85. The van der Waals surface area contributed by atoms with E-state index < -0.39 is 0 Å². The van der Waals surface area contributed by atoms with E-state index in [1.807, 2.05) is 12.1 Å². The van der Waals surface area contributed by atoms with Crippen LogP contribution in [0.1, 0.15) is 24.4 Å². The van der Waals surface area contributed by atoms with Crippen LogP contribution in [0.4, 0.5) is 0 Å². The molecule has 1 aliphatic rings. The molecule has 2 rings (SSSR count). The summed E-state index contributed by atoms with van der Waals surface area (Å²) in [6.45, 7) is 3.99. The molecule has 0 saturated carbocycles. The Morgan fingerprint density at radius 2 is 2.38 bits per heavy atom. The van der Waals surface area contributed by atoms with Gasteiger partial charge in [-0.1, -0.05) is 0 Å². The Balaban J connectivity index is 0.000000845. The van der Waals surface area contributed by atoms with Gasteiger partial charge in [0, 0.05) is 24.8 Å². The maximum atomic E-state index is 8.78. The van der Waals surface area contributed by atoms with Gasteiger partial charge in [-0.3, -0.25) is 0 Å². The number of nitriles is 1. The molecule has 0 aromatic carbocycles. The highest BCUT2D eigenvalue weighted by atomic mass is 35.5. The summed E-state index contributed by atoms with van der Waals surface area (Å²) in [5.41, 5.74) is 2.00. The Morgan fingerprint density at radius 1 is 1.62 bits per heavy atom. The standard InChI is InChI=1S/C9H11N3.ClH/c1-7-9-3-2-8(6-10)12(9)5-4-11-7;/h2-3,7,11H,4-5H2,1H3;1H. The fourth-order valence-electron chi connectivity index (χ4n) is 1.71. The van der Waals surface area contributed by atoms with Gasteiger partial charge in [-0.05, 0) is 19.1 Å². The highest BCUT2D eigenvalue weighted by Crippen LogP contribution is 2.19. The van der Waals surface area contributed by atoms with Crippen LogP contribution in [-0.2, 0) is 6.54 Å². The maximum Gasteiger partial charge on any atom is 0.120 e. The topological polar surface area (TPSA) is 40.8 Å². The maximum absolute atomic E-state index is 8.78.